The van der Waals surface area contributed by atoms with Crippen LogP contribution in [0.3, 0.4) is 0 Å². The van der Waals surface area contributed by atoms with Crippen LogP contribution in [-0.2, 0) is 14.4 Å². The lowest BCUT2D eigenvalue weighted by molar-refractivity contribution is -0.122. The number of amides is 3. The summed E-state index contributed by atoms with van der Waals surface area (Å²) in [5.41, 5.74) is 2.51. The molecule has 0 aliphatic carbocycles. The first-order chi connectivity index (χ1) is 19.3. The number of benzene rings is 3. The summed E-state index contributed by atoms with van der Waals surface area (Å²) in [6, 6.07) is 19.6. The first-order valence-electron chi connectivity index (χ1n) is 12.4. The van der Waals surface area contributed by atoms with E-state index in [-0.39, 0.29) is 23.1 Å². The van der Waals surface area contributed by atoms with Gasteiger partial charge in [-0.25, -0.2) is 9.29 Å². The monoisotopic (exact) mass is 575 g/mol. The van der Waals surface area contributed by atoms with Crippen molar-refractivity contribution in [2.24, 2.45) is 5.92 Å². The highest BCUT2D eigenvalue weighted by Crippen LogP contribution is 2.54. The second-order valence-electron chi connectivity index (χ2n) is 9.48. The van der Waals surface area contributed by atoms with Gasteiger partial charge in [0.1, 0.15) is 16.8 Å². The van der Waals surface area contributed by atoms with E-state index in [2.05, 4.69) is 10.3 Å². The van der Waals surface area contributed by atoms with Gasteiger partial charge in [0, 0.05) is 22.0 Å². The number of nitrogens with zero attached hydrogens (tertiary/aromatic N) is 1. The molecule has 1 saturated heterocycles. The summed E-state index contributed by atoms with van der Waals surface area (Å²) >= 11 is 2.13. The molecule has 0 radical (unpaired) electrons. The maximum atomic E-state index is 13.9. The Kier molecular flexibility index (Phi) is 6.77. The van der Waals surface area contributed by atoms with Crippen molar-refractivity contribution in [3.63, 3.8) is 0 Å². The lowest BCUT2D eigenvalue weighted by atomic mass is 9.82. The third-order valence-electron chi connectivity index (χ3n) is 6.82. The molecular formula is C29H22FN3O5S2. The van der Waals surface area contributed by atoms with Crippen molar-refractivity contribution in [1.82, 2.24) is 4.98 Å². The number of carbonyl (C=O) groups excluding carboxylic acids is 3. The highest BCUT2D eigenvalue weighted by molar-refractivity contribution is 8.00. The molecule has 3 heterocycles. The van der Waals surface area contributed by atoms with Crippen LogP contribution in [0.15, 0.2) is 82.6 Å². The fraction of sp³-hybridized carbons (Fsp3) is 0.172. The maximum Gasteiger partial charge on any atom is 0.305 e. The fourth-order valence-electron chi connectivity index (χ4n) is 5.13. The van der Waals surface area contributed by atoms with Gasteiger partial charge in [-0.1, -0.05) is 53.4 Å². The normalized spacial score (nSPS) is 19.8. The van der Waals surface area contributed by atoms with Crippen LogP contribution in [0.25, 0.3) is 0 Å². The molecule has 4 aromatic rings. The smallest absolute Gasteiger partial charge is 0.305 e. The molecule has 11 heteroatoms. The number of thiazole rings is 1. The van der Waals surface area contributed by atoms with E-state index in [4.69, 9.17) is 4.74 Å². The molecule has 40 heavy (non-hydrogen) atoms. The molecule has 3 amide bonds. The minimum atomic E-state index is -0.840. The quantitative estimate of drug-likeness (QED) is 0.323. The lowest BCUT2D eigenvalue weighted by Gasteiger charge is -2.30. The van der Waals surface area contributed by atoms with Gasteiger partial charge in [0.2, 0.25) is 11.8 Å². The minimum Gasteiger partial charge on any atom is -0.483 e. The number of aromatic amines is 1. The maximum absolute atomic E-state index is 13.9. The summed E-state index contributed by atoms with van der Waals surface area (Å²) in [5.74, 6) is -2.88. The van der Waals surface area contributed by atoms with Crippen molar-refractivity contribution in [2.75, 3.05) is 16.8 Å². The number of anilines is 2. The van der Waals surface area contributed by atoms with Crippen molar-refractivity contribution in [1.29, 1.82) is 0 Å². The second kappa shape index (κ2) is 10.4. The molecule has 0 saturated carbocycles. The molecule has 1 fully saturated rings. The molecule has 2 aliphatic rings. The van der Waals surface area contributed by atoms with Gasteiger partial charge >= 0.3 is 4.87 Å². The predicted molar refractivity (Wildman–Crippen MR) is 151 cm³/mol. The van der Waals surface area contributed by atoms with Crippen LogP contribution in [0.4, 0.5) is 15.8 Å². The number of aromatic nitrogens is 1. The number of thioether (sulfide) groups is 1. The number of para-hydroxylation sites is 1. The molecule has 2 N–H and O–H groups in total. The number of hydrogen-bond donors (Lipinski definition) is 2. The number of halogens is 1. The third kappa shape index (κ3) is 4.71. The average molecular weight is 576 g/mol. The Bertz CT molecular complexity index is 1700. The molecule has 3 unspecified atom stereocenters. The first kappa shape index (κ1) is 26.0. The van der Waals surface area contributed by atoms with E-state index in [1.807, 2.05) is 25.1 Å². The second-order valence-corrected chi connectivity index (χ2v) is 11.6. The fourth-order valence-corrected chi connectivity index (χ4v) is 7.63. The topological polar surface area (TPSA) is 109 Å². The molecule has 3 aromatic carbocycles. The zero-order valence-electron chi connectivity index (χ0n) is 21.1. The van der Waals surface area contributed by atoms with Crippen LogP contribution in [-0.4, -0.2) is 34.6 Å². The molecule has 2 aliphatic heterocycles. The molecule has 3 atom stereocenters. The first-order valence-corrected chi connectivity index (χ1v) is 14.1. The minimum absolute atomic E-state index is 0.277. The van der Waals surface area contributed by atoms with E-state index in [0.717, 1.165) is 33.6 Å². The molecule has 8 nitrogen and oxygen atoms in total. The number of rotatable bonds is 6. The average Bonchev–Trinajstić information content (AvgIpc) is 3.42. The van der Waals surface area contributed by atoms with Crippen molar-refractivity contribution in [2.45, 2.75) is 23.1 Å². The zero-order valence-corrected chi connectivity index (χ0v) is 22.7. The largest absolute Gasteiger partial charge is 0.483 e. The van der Waals surface area contributed by atoms with Crippen LogP contribution >= 0.6 is 23.1 Å². The zero-order chi connectivity index (χ0) is 28.0. The van der Waals surface area contributed by atoms with E-state index in [9.17, 15) is 23.6 Å². The number of ether oxygens (including phenoxy) is 1. The van der Waals surface area contributed by atoms with E-state index in [0.29, 0.717) is 26.9 Å². The van der Waals surface area contributed by atoms with Gasteiger partial charge in [-0.2, -0.15) is 0 Å². The Morgan fingerprint density at radius 3 is 2.58 bits per heavy atom. The number of aryl methyl sites for hydroxylation is 1. The molecule has 1 aromatic heterocycles. The van der Waals surface area contributed by atoms with Gasteiger partial charge in [0.25, 0.3) is 5.91 Å². The summed E-state index contributed by atoms with van der Waals surface area (Å²) in [5, 5.41) is 2.52. The molecule has 0 spiro atoms. The standard InChI is InChI=1S/C29H22FN3O5S2/c1-15-5-4-6-17(13-15)31-21(34)14-38-20-8-3-2-7-19(20)22-23-25(39-26-24(22)40-29(37)32-26)28(36)33(27(23)35)18-11-9-16(30)10-12-18/h2-13,22-23,25H,14H2,1H3,(H,31,34)(H,32,37). The number of imide groups is 1. The lowest BCUT2D eigenvalue weighted by Crippen LogP contribution is -2.32. The molecule has 202 valence electrons. The summed E-state index contributed by atoms with van der Waals surface area (Å²) in [6.07, 6.45) is 0. The molecule has 6 rings (SSSR count). The highest BCUT2D eigenvalue weighted by Gasteiger charge is 2.56. The van der Waals surface area contributed by atoms with Gasteiger partial charge in [-0.15, -0.1) is 0 Å². The van der Waals surface area contributed by atoms with Crippen LogP contribution in [0.2, 0.25) is 0 Å². The van der Waals surface area contributed by atoms with Gasteiger partial charge in [0.05, 0.1) is 16.6 Å². The van der Waals surface area contributed by atoms with Gasteiger partial charge in [-0.3, -0.25) is 19.2 Å². The van der Waals surface area contributed by atoms with Crippen molar-refractivity contribution in [3.8, 4) is 5.75 Å². The van der Waals surface area contributed by atoms with Crippen molar-refractivity contribution < 1.29 is 23.5 Å². The Hall–Kier alpha value is -4.22. The van der Waals surface area contributed by atoms with Crippen LogP contribution < -0.4 is 19.8 Å². The van der Waals surface area contributed by atoms with Crippen LogP contribution in [0.5, 0.6) is 5.75 Å². The van der Waals surface area contributed by atoms with Crippen LogP contribution in [0.1, 0.15) is 21.9 Å². The van der Waals surface area contributed by atoms with E-state index < -0.39 is 34.7 Å². The van der Waals surface area contributed by atoms with Crippen molar-refractivity contribution >= 4 is 52.2 Å². The Labute approximate surface area is 236 Å². The number of hydrogen-bond acceptors (Lipinski definition) is 7. The Morgan fingerprint density at radius 2 is 1.80 bits per heavy atom. The summed E-state index contributed by atoms with van der Waals surface area (Å²) in [4.78, 5) is 56.7. The van der Waals surface area contributed by atoms with Gasteiger partial charge < -0.3 is 15.0 Å². The van der Waals surface area contributed by atoms with Crippen molar-refractivity contribution in [3.05, 3.63) is 104 Å². The third-order valence-corrected chi connectivity index (χ3v) is 9.22. The summed E-state index contributed by atoms with van der Waals surface area (Å²) in [6.45, 7) is 1.64. The number of nitrogens with one attached hydrogen (secondary N) is 2. The van der Waals surface area contributed by atoms with Gasteiger partial charge in [0.15, 0.2) is 6.61 Å². The van der Waals surface area contributed by atoms with E-state index in [1.54, 1.807) is 30.3 Å². The van der Waals surface area contributed by atoms with E-state index in [1.165, 1.54) is 24.3 Å². The Balaban J connectivity index is 1.34. The predicted octanol–water partition coefficient (Wildman–Crippen LogP) is 4.70. The highest BCUT2D eigenvalue weighted by atomic mass is 32.2. The van der Waals surface area contributed by atoms with Gasteiger partial charge in [-0.05, 0) is 55.0 Å². The number of H-pyrrole nitrogens is 1. The molecule has 0 bridgehead atoms. The molecular weight excluding hydrogens is 553 g/mol. The Morgan fingerprint density at radius 1 is 1.02 bits per heavy atom. The number of carbonyl (C=O) groups is 3. The van der Waals surface area contributed by atoms with Crippen LogP contribution in [0, 0.1) is 18.7 Å². The number of fused-ring (bicyclic) bond motifs is 2. The summed E-state index contributed by atoms with van der Waals surface area (Å²) in [7, 11) is 0. The SMILES string of the molecule is Cc1cccc(NC(=O)COc2ccccc2C2c3sc(=O)[nH]c3SC3C(=O)N(c4ccc(F)cc4)C(=O)C32)c1. The summed E-state index contributed by atoms with van der Waals surface area (Å²) < 4.78 is 19.5. The van der Waals surface area contributed by atoms with E-state index >= 15 is 0 Å².